The second-order valence-electron chi connectivity index (χ2n) is 18.5. The number of hydroxylamine groups is 1. The fourth-order valence-corrected chi connectivity index (χ4v) is 10.6. The molecule has 62 heavy (non-hydrogen) atoms. The largest absolute Gasteiger partial charge is 0.427 e. The van der Waals surface area contributed by atoms with E-state index in [1.54, 1.807) is 27.7 Å². The average Bonchev–Trinajstić information content (AvgIpc) is 3.86. The van der Waals surface area contributed by atoms with E-state index >= 15 is 4.79 Å². The van der Waals surface area contributed by atoms with Gasteiger partial charge in [0, 0.05) is 60.9 Å². The van der Waals surface area contributed by atoms with Gasteiger partial charge >= 0.3 is 11.8 Å². The summed E-state index contributed by atoms with van der Waals surface area (Å²) in [7, 11) is 1.89. The van der Waals surface area contributed by atoms with E-state index in [4.69, 9.17) is 14.7 Å². The summed E-state index contributed by atoms with van der Waals surface area (Å²) in [5.41, 5.74) is 10.8. The van der Waals surface area contributed by atoms with Crippen LogP contribution in [0, 0.1) is 19.8 Å². The fraction of sp³-hybridized carbons (Fsp3) is 0.383. The van der Waals surface area contributed by atoms with Gasteiger partial charge in [-0.15, -0.1) is 5.48 Å². The van der Waals surface area contributed by atoms with E-state index in [9.17, 15) is 9.59 Å². The summed E-state index contributed by atoms with van der Waals surface area (Å²) >= 11 is 0. The number of carbonyl (C=O) groups excluding carboxylic acids is 2. The zero-order valence-electron chi connectivity index (χ0n) is 35.8. The minimum atomic E-state index is -0.643. The number of aryl methyl sites for hydroxylation is 3. The van der Waals surface area contributed by atoms with Gasteiger partial charge in [0.05, 0.1) is 46.5 Å². The van der Waals surface area contributed by atoms with Crippen molar-refractivity contribution in [3.05, 3.63) is 123 Å². The van der Waals surface area contributed by atoms with Crippen LogP contribution in [0.25, 0.3) is 39.0 Å². The number of nitrogens with zero attached hydrogens (tertiary/aromatic N) is 8. The Labute approximate surface area is 357 Å². The van der Waals surface area contributed by atoms with Crippen molar-refractivity contribution in [2.75, 3.05) is 13.2 Å². The highest BCUT2D eigenvalue weighted by Gasteiger charge is 2.62. The Morgan fingerprint density at radius 3 is 2.42 bits per heavy atom. The van der Waals surface area contributed by atoms with E-state index in [1.165, 1.54) is 5.56 Å². The molecule has 4 aromatic heterocycles. The maximum absolute atomic E-state index is 15.4. The van der Waals surface area contributed by atoms with Crippen molar-refractivity contribution in [2.24, 2.45) is 13.0 Å². The van der Waals surface area contributed by atoms with E-state index in [-0.39, 0.29) is 29.7 Å². The van der Waals surface area contributed by atoms with Crippen molar-refractivity contribution >= 4 is 33.8 Å². The minimum Gasteiger partial charge on any atom is -0.376 e. The molecular formula is C47H50N10O5. The molecule has 4 aliphatic rings. The Balaban J connectivity index is 1.02. The van der Waals surface area contributed by atoms with Crippen molar-refractivity contribution in [1.29, 1.82) is 0 Å². The van der Waals surface area contributed by atoms with Gasteiger partial charge in [0.15, 0.2) is 0 Å². The third-order valence-corrected chi connectivity index (χ3v) is 13.7. The third-order valence-electron chi connectivity index (χ3n) is 13.7. The van der Waals surface area contributed by atoms with Gasteiger partial charge in [0.2, 0.25) is 0 Å². The van der Waals surface area contributed by atoms with Gasteiger partial charge in [-0.25, -0.2) is 14.3 Å². The topological polar surface area (TPSA) is 147 Å². The molecule has 0 spiro atoms. The molecule has 1 saturated carbocycles. The Kier molecular flexibility index (Phi) is 8.55. The Bertz CT molecular complexity index is 3040. The highest BCUT2D eigenvalue weighted by Crippen LogP contribution is 2.55. The van der Waals surface area contributed by atoms with E-state index < -0.39 is 17.8 Å². The van der Waals surface area contributed by atoms with Crippen LogP contribution in [-0.2, 0) is 35.1 Å². The number of nitrogens with one attached hydrogen (secondary N) is 2. The fourth-order valence-electron chi connectivity index (χ4n) is 10.6. The molecular weight excluding hydrogens is 785 g/mol. The summed E-state index contributed by atoms with van der Waals surface area (Å²) in [6.07, 6.45) is 7.35. The molecule has 7 aromatic rings. The van der Waals surface area contributed by atoms with Gasteiger partial charge in [0.1, 0.15) is 17.7 Å². The monoisotopic (exact) mass is 834 g/mol. The number of imidazole rings is 1. The number of ether oxygens (including phenoxy) is 1. The smallest absolute Gasteiger partial charge is 0.376 e. The summed E-state index contributed by atoms with van der Waals surface area (Å²) < 4.78 is 15.2. The molecule has 0 radical (unpaired) electrons. The number of rotatable bonds is 7. The van der Waals surface area contributed by atoms with Gasteiger partial charge in [-0.3, -0.25) is 23.9 Å². The highest BCUT2D eigenvalue weighted by atomic mass is 16.7. The highest BCUT2D eigenvalue weighted by molar-refractivity contribution is 5.99. The van der Waals surface area contributed by atoms with Gasteiger partial charge in [-0.1, -0.05) is 19.1 Å². The first kappa shape index (κ1) is 38.5. The zero-order valence-corrected chi connectivity index (χ0v) is 35.8. The van der Waals surface area contributed by atoms with Crippen LogP contribution in [0.3, 0.4) is 0 Å². The summed E-state index contributed by atoms with van der Waals surface area (Å²) in [5, 5.41) is 14.4. The first-order chi connectivity index (χ1) is 29.8. The van der Waals surface area contributed by atoms with Crippen molar-refractivity contribution in [3.8, 4) is 17.2 Å². The molecule has 2 saturated heterocycles. The number of amides is 2. The van der Waals surface area contributed by atoms with Crippen LogP contribution in [0.5, 0.6) is 0 Å². The molecule has 15 heteroatoms. The van der Waals surface area contributed by atoms with Crippen molar-refractivity contribution in [2.45, 2.75) is 90.1 Å². The predicted octanol–water partition coefficient (Wildman–Crippen LogP) is 6.45. The molecule has 3 aromatic carbocycles. The quantitative estimate of drug-likeness (QED) is 0.186. The molecule has 7 heterocycles. The molecule has 4 atom stereocenters. The van der Waals surface area contributed by atoms with Gasteiger partial charge < -0.3 is 19.0 Å². The molecule has 2 amide bonds. The summed E-state index contributed by atoms with van der Waals surface area (Å²) in [4.78, 5) is 49.5. The van der Waals surface area contributed by atoms with Crippen LogP contribution >= 0.6 is 0 Å². The minimum absolute atomic E-state index is 0.130. The molecule has 3 fully saturated rings. The Hall–Kier alpha value is -6.45. The van der Waals surface area contributed by atoms with Crippen molar-refractivity contribution < 1.29 is 19.2 Å². The summed E-state index contributed by atoms with van der Waals surface area (Å²) in [6, 6.07) is 20.7. The summed E-state index contributed by atoms with van der Waals surface area (Å²) in [6.45, 7) is 11.9. The second kappa shape index (κ2) is 13.8. The molecule has 15 nitrogen and oxygen atoms in total. The molecule has 2 N–H and O–H groups in total. The average molecular weight is 835 g/mol. The number of fused-ring (bicyclic) bond motifs is 3. The second-order valence-corrected chi connectivity index (χ2v) is 18.5. The van der Waals surface area contributed by atoms with Gasteiger partial charge in [0.25, 0.3) is 5.91 Å². The standard InChI is InChI=1S/C47H50N10O5/c1-27-17-28(2)19-35(18-27)57-41(55-15-14-54(45(55)60)34-8-10-38-33(21-34)25-48-52(38)6)36-26-53(13-11-37(36)50-57)42(58)40-22-32-20-30(31-12-16-61-46(4,5)24-31)7-9-39(32)56(40)47(23-29(47)3)43-49-44(59)62-51-43/h7-10,14-15,17-22,25,29,31,43,51H,11-13,16,23-24,26H2,1-6H3,(H,49,59)/t29-,31?,43?,47-/m0/s1. The Morgan fingerprint density at radius 1 is 0.903 bits per heavy atom. The number of aromatic nitrogens is 7. The first-order valence-electron chi connectivity index (χ1n) is 21.5. The molecule has 318 valence electrons. The lowest BCUT2D eigenvalue weighted by atomic mass is 9.83. The van der Waals surface area contributed by atoms with E-state index in [0.717, 1.165) is 74.8 Å². The normalized spacial score (nSPS) is 23.2. The van der Waals surface area contributed by atoms with Crippen molar-refractivity contribution in [3.63, 3.8) is 0 Å². The van der Waals surface area contributed by atoms with E-state index in [1.807, 2.05) is 45.6 Å². The SMILES string of the molecule is Cc1cc(C)cc(-n2nc3c(c2-n2ccn(-c4ccc5c(cnn5C)c4)c2=O)CN(C(=O)c2cc4cc(C5CCOC(C)(C)C5)ccc4n2[C@@]2(C4NOC(=O)N4)C[C@@H]2C)CC3)c1. The summed E-state index contributed by atoms with van der Waals surface area (Å²) in [5.74, 6) is 0.919. The molecule has 3 aliphatic heterocycles. The molecule has 1 aliphatic carbocycles. The van der Waals surface area contributed by atoms with Gasteiger partial charge in [-0.2, -0.15) is 10.2 Å². The molecule has 11 rings (SSSR count). The van der Waals surface area contributed by atoms with Crippen LogP contribution in [0.15, 0.2) is 84.0 Å². The van der Waals surface area contributed by atoms with E-state index in [2.05, 4.69) is 91.5 Å². The van der Waals surface area contributed by atoms with Crippen LogP contribution in [-0.4, -0.2) is 75.1 Å². The number of carbonyl (C=O) groups is 2. The predicted molar refractivity (Wildman–Crippen MR) is 233 cm³/mol. The number of hydrogen-bond donors (Lipinski definition) is 2. The zero-order chi connectivity index (χ0) is 42.8. The van der Waals surface area contributed by atoms with Crippen LogP contribution < -0.4 is 16.5 Å². The van der Waals surface area contributed by atoms with Crippen LogP contribution in [0.2, 0.25) is 0 Å². The molecule has 2 unspecified atom stereocenters. The first-order valence-corrected chi connectivity index (χ1v) is 21.5. The number of benzene rings is 3. The van der Waals surface area contributed by atoms with Crippen LogP contribution in [0.1, 0.15) is 84.4 Å². The third kappa shape index (κ3) is 6.03. The number of hydrogen-bond acceptors (Lipinski definition) is 8. The van der Waals surface area contributed by atoms with Crippen molar-refractivity contribution in [1.82, 2.24) is 49.0 Å². The molecule has 0 bridgehead atoms. The van der Waals surface area contributed by atoms with E-state index in [0.29, 0.717) is 37.0 Å². The Morgan fingerprint density at radius 2 is 1.68 bits per heavy atom. The van der Waals surface area contributed by atoms with Crippen LogP contribution in [0.4, 0.5) is 4.79 Å². The lowest BCUT2D eigenvalue weighted by molar-refractivity contribution is -0.0592. The maximum atomic E-state index is 15.4. The van der Waals surface area contributed by atoms with Gasteiger partial charge in [-0.05, 0) is 124 Å². The lowest BCUT2D eigenvalue weighted by Gasteiger charge is -2.35. The maximum Gasteiger partial charge on any atom is 0.427 e. The lowest BCUT2D eigenvalue weighted by Crippen LogP contribution is -2.49.